The van der Waals surface area contributed by atoms with Crippen molar-refractivity contribution in [1.29, 1.82) is 0 Å². The predicted octanol–water partition coefficient (Wildman–Crippen LogP) is 1.82. The van der Waals surface area contributed by atoms with Gasteiger partial charge in [-0.1, -0.05) is 6.92 Å². The van der Waals surface area contributed by atoms with Gasteiger partial charge in [-0.25, -0.2) is 4.98 Å². The summed E-state index contributed by atoms with van der Waals surface area (Å²) < 4.78 is 2.00. The van der Waals surface area contributed by atoms with E-state index in [9.17, 15) is 9.59 Å². The Labute approximate surface area is 143 Å². The molecule has 6 heteroatoms. The first kappa shape index (κ1) is 17.0. The molecule has 2 fully saturated rings. The molecule has 0 radical (unpaired) electrons. The van der Waals surface area contributed by atoms with Crippen LogP contribution in [0.5, 0.6) is 0 Å². The number of carbonyl (C=O) groups is 2. The lowest BCUT2D eigenvalue weighted by atomic mass is 9.87. The maximum atomic E-state index is 12.3. The van der Waals surface area contributed by atoms with E-state index < -0.39 is 0 Å². The van der Waals surface area contributed by atoms with E-state index in [0.717, 1.165) is 31.7 Å². The van der Waals surface area contributed by atoms with Crippen molar-refractivity contribution in [2.75, 3.05) is 13.1 Å². The van der Waals surface area contributed by atoms with Crippen LogP contribution in [0.1, 0.15) is 45.4 Å². The standard InChI is InChI=1S/C18H28N4O2/c1-14-3-5-16(6-4-14)22-12-15(11-17(22)23)18(24)20-7-2-9-21-10-8-19-13-21/h8,10,13-16H,2-7,9,11-12H2,1H3,(H,20,24)/t14?,15-,16?/m1/s1. The predicted molar refractivity (Wildman–Crippen MR) is 91.1 cm³/mol. The second kappa shape index (κ2) is 7.81. The molecule has 2 aliphatic rings. The molecule has 0 spiro atoms. The molecule has 1 N–H and O–H groups in total. The van der Waals surface area contributed by atoms with Gasteiger partial charge in [0.2, 0.25) is 11.8 Å². The molecule has 0 bridgehead atoms. The second-order valence-corrected chi connectivity index (χ2v) is 7.31. The molecule has 2 heterocycles. The van der Waals surface area contributed by atoms with Crippen LogP contribution in [-0.2, 0) is 16.1 Å². The molecule has 1 saturated heterocycles. The maximum absolute atomic E-state index is 12.3. The number of imidazole rings is 1. The summed E-state index contributed by atoms with van der Waals surface area (Å²) in [4.78, 5) is 30.6. The average Bonchev–Trinajstić information content (AvgIpc) is 3.22. The van der Waals surface area contributed by atoms with Gasteiger partial charge in [-0.3, -0.25) is 9.59 Å². The molecule has 2 amide bonds. The van der Waals surface area contributed by atoms with Gasteiger partial charge in [0.25, 0.3) is 0 Å². The van der Waals surface area contributed by atoms with Crippen molar-refractivity contribution < 1.29 is 9.59 Å². The number of aromatic nitrogens is 2. The highest BCUT2D eigenvalue weighted by Gasteiger charge is 2.38. The van der Waals surface area contributed by atoms with Gasteiger partial charge < -0.3 is 14.8 Å². The minimum Gasteiger partial charge on any atom is -0.356 e. The normalized spacial score (nSPS) is 27.5. The Hall–Kier alpha value is -1.85. The highest BCUT2D eigenvalue weighted by molar-refractivity contribution is 5.89. The molecule has 6 nitrogen and oxygen atoms in total. The van der Waals surface area contributed by atoms with Crippen molar-refractivity contribution in [3.8, 4) is 0 Å². The lowest BCUT2D eigenvalue weighted by molar-refractivity contribution is -0.130. The highest BCUT2D eigenvalue weighted by atomic mass is 16.2. The number of rotatable bonds is 6. The van der Waals surface area contributed by atoms with E-state index in [1.807, 2.05) is 15.7 Å². The Balaban J connectivity index is 1.40. The zero-order chi connectivity index (χ0) is 16.9. The van der Waals surface area contributed by atoms with Crippen LogP contribution in [0.3, 0.4) is 0 Å². The van der Waals surface area contributed by atoms with Crippen LogP contribution in [0, 0.1) is 11.8 Å². The zero-order valence-corrected chi connectivity index (χ0v) is 14.5. The van der Waals surface area contributed by atoms with Gasteiger partial charge in [-0.15, -0.1) is 0 Å². The quantitative estimate of drug-likeness (QED) is 0.808. The Morgan fingerprint density at radius 1 is 1.33 bits per heavy atom. The summed E-state index contributed by atoms with van der Waals surface area (Å²) in [6.45, 7) is 4.37. The molecule has 132 valence electrons. The van der Waals surface area contributed by atoms with Crippen molar-refractivity contribution >= 4 is 11.8 Å². The fraction of sp³-hybridized carbons (Fsp3) is 0.722. The number of hydrogen-bond acceptors (Lipinski definition) is 3. The summed E-state index contributed by atoms with van der Waals surface area (Å²) in [5.41, 5.74) is 0. The smallest absolute Gasteiger partial charge is 0.225 e. The van der Waals surface area contributed by atoms with E-state index >= 15 is 0 Å². The molecule has 1 atom stereocenters. The minimum absolute atomic E-state index is 0.0284. The van der Waals surface area contributed by atoms with Crippen LogP contribution in [0.15, 0.2) is 18.7 Å². The van der Waals surface area contributed by atoms with Gasteiger partial charge in [0.15, 0.2) is 0 Å². The van der Waals surface area contributed by atoms with E-state index in [2.05, 4.69) is 17.2 Å². The lowest BCUT2D eigenvalue weighted by Crippen LogP contribution is -2.40. The molecule has 1 saturated carbocycles. The Bertz CT molecular complexity index is 549. The third kappa shape index (κ3) is 4.16. The molecule has 0 aromatic carbocycles. The van der Waals surface area contributed by atoms with Crippen LogP contribution >= 0.6 is 0 Å². The van der Waals surface area contributed by atoms with Crippen LogP contribution in [0.4, 0.5) is 0 Å². The molecular weight excluding hydrogens is 304 g/mol. The average molecular weight is 332 g/mol. The molecule has 1 aliphatic heterocycles. The SMILES string of the molecule is CC1CCC(N2C[C@H](C(=O)NCCCn3ccnc3)CC2=O)CC1. The van der Waals surface area contributed by atoms with Crippen LogP contribution < -0.4 is 5.32 Å². The summed E-state index contributed by atoms with van der Waals surface area (Å²) in [7, 11) is 0. The first-order valence-electron chi connectivity index (χ1n) is 9.16. The summed E-state index contributed by atoms with van der Waals surface area (Å²) in [5.74, 6) is 0.785. The van der Waals surface area contributed by atoms with Crippen molar-refractivity contribution in [2.45, 2.75) is 58.0 Å². The minimum atomic E-state index is -0.176. The maximum Gasteiger partial charge on any atom is 0.225 e. The van der Waals surface area contributed by atoms with Gasteiger partial charge in [-0.2, -0.15) is 0 Å². The van der Waals surface area contributed by atoms with E-state index in [-0.39, 0.29) is 17.7 Å². The number of likely N-dealkylation sites (tertiary alicyclic amines) is 1. The summed E-state index contributed by atoms with van der Waals surface area (Å²) in [5, 5.41) is 2.99. The topological polar surface area (TPSA) is 67.2 Å². The molecule has 1 aromatic rings. The Kier molecular flexibility index (Phi) is 5.53. The number of nitrogens with one attached hydrogen (secondary N) is 1. The van der Waals surface area contributed by atoms with Crippen LogP contribution in [-0.4, -0.2) is 45.4 Å². The van der Waals surface area contributed by atoms with Crippen molar-refractivity contribution in [1.82, 2.24) is 19.8 Å². The van der Waals surface area contributed by atoms with E-state index in [1.54, 1.807) is 12.5 Å². The van der Waals surface area contributed by atoms with Crippen molar-refractivity contribution in [3.05, 3.63) is 18.7 Å². The summed E-state index contributed by atoms with van der Waals surface area (Å²) in [6.07, 6.45) is 11.3. The lowest BCUT2D eigenvalue weighted by Gasteiger charge is -2.33. The van der Waals surface area contributed by atoms with Gasteiger partial charge >= 0.3 is 0 Å². The van der Waals surface area contributed by atoms with Gasteiger partial charge in [0.1, 0.15) is 0 Å². The molecule has 1 aromatic heterocycles. The largest absolute Gasteiger partial charge is 0.356 e. The molecule has 0 unspecified atom stereocenters. The molecule has 3 rings (SSSR count). The number of hydrogen-bond donors (Lipinski definition) is 1. The third-order valence-electron chi connectivity index (χ3n) is 5.41. The Morgan fingerprint density at radius 2 is 2.12 bits per heavy atom. The fourth-order valence-corrected chi connectivity index (χ4v) is 3.85. The second-order valence-electron chi connectivity index (χ2n) is 7.31. The van der Waals surface area contributed by atoms with Gasteiger partial charge in [-0.05, 0) is 38.0 Å². The Morgan fingerprint density at radius 3 is 2.83 bits per heavy atom. The number of nitrogens with zero attached hydrogens (tertiary/aromatic N) is 3. The van der Waals surface area contributed by atoms with Crippen molar-refractivity contribution in [3.63, 3.8) is 0 Å². The van der Waals surface area contributed by atoms with E-state index in [4.69, 9.17) is 0 Å². The summed E-state index contributed by atoms with van der Waals surface area (Å²) >= 11 is 0. The van der Waals surface area contributed by atoms with Crippen LogP contribution in [0.2, 0.25) is 0 Å². The first-order chi connectivity index (χ1) is 11.6. The first-order valence-corrected chi connectivity index (χ1v) is 9.16. The fourth-order valence-electron chi connectivity index (χ4n) is 3.85. The monoisotopic (exact) mass is 332 g/mol. The van der Waals surface area contributed by atoms with Gasteiger partial charge in [0.05, 0.1) is 12.2 Å². The molecule has 1 aliphatic carbocycles. The zero-order valence-electron chi connectivity index (χ0n) is 14.5. The van der Waals surface area contributed by atoms with Crippen LogP contribution in [0.25, 0.3) is 0 Å². The van der Waals surface area contributed by atoms with Crippen molar-refractivity contribution in [2.24, 2.45) is 11.8 Å². The highest BCUT2D eigenvalue weighted by Crippen LogP contribution is 2.31. The molecule has 24 heavy (non-hydrogen) atoms. The van der Waals surface area contributed by atoms with Gasteiger partial charge in [0, 0.05) is 44.5 Å². The third-order valence-corrected chi connectivity index (χ3v) is 5.41. The molecular formula is C18H28N4O2. The number of amides is 2. The summed E-state index contributed by atoms with van der Waals surface area (Å²) in [6, 6.07) is 0.354. The number of carbonyl (C=O) groups excluding carboxylic acids is 2. The number of aryl methyl sites for hydroxylation is 1. The van der Waals surface area contributed by atoms with E-state index in [1.165, 1.54) is 12.8 Å². The van der Waals surface area contributed by atoms with E-state index in [0.29, 0.717) is 25.6 Å².